The number of anilines is 1. The summed E-state index contributed by atoms with van der Waals surface area (Å²) in [4.78, 5) is 12.0. The van der Waals surface area contributed by atoms with Crippen LogP contribution in [0, 0.1) is 5.92 Å². The van der Waals surface area contributed by atoms with Crippen LogP contribution < -0.4 is 15.4 Å². The first kappa shape index (κ1) is 16.3. The maximum atomic E-state index is 12.0. The summed E-state index contributed by atoms with van der Waals surface area (Å²) in [6.07, 6.45) is 5.17. The van der Waals surface area contributed by atoms with Crippen molar-refractivity contribution in [3.8, 4) is 16.9 Å². The fourth-order valence-electron chi connectivity index (χ4n) is 3.53. The number of hydrogen-bond acceptors (Lipinski definition) is 4. The van der Waals surface area contributed by atoms with Gasteiger partial charge in [0.05, 0.1) is 5.52 Å². The second kappa shape index (κ2) is 6.70. The molecule has 1 amide bonds. The summed E-state index contributed by atoms with van der Waals surface area (Å²) < 4.78 is 7.81. The molecule has 0 bridgehead atoms. The first-order valence-corrected chi connectivity index (χ1v) is 9.53. The summed E-state index contributed by atoms with van der Waals surface area (Å²) in [5.41, 5.74) is 3.14. The van der Waals surface area contributed by atoms with Gasteiger partial charge in [0.15, 0.2) is 5.82 Å². The second-order valence-electron chi connectivity index (χ2n) is 7.30. The van der Waals surface area contributed by atoms with E-state index in [1.54, 1.807) is 0 Å². The second-order valence-corrected chi connectivity index (χ2v) is 7.30. The molecule has 27 heavy (non-hydrogen) atoms. The Balaban J connectivity index is 1.40. The molecule has 1 unspecified atom stereocenters. The summed E-state index contributed by atoms with van der Waals surface area (Å²) in [5, 5.41) is 10.7. The molecule has 5 rings (SSSR count). The number of ether oxygens (including phenoxy) is 1. The van der Waals surface area contributed by atoms with Crippen LogP contribution >= 0.6 is 0 Å². The zero-order chi connectivity index (χ0) is 18.2. The topological polar surface area (TPSA) is 67.7 Å². The maximum absolute atomic E-state index is 12.0. The molecule has 2 N–H and O–H groups in total. The minimum atomic E-state index is 0.0721. The molecular weight excluding hydrogens is 340 g/mol. The van der Waals surface area contributed by atoms with E-state index in [0.29, 0.717) is 5.82 Å². The first-order valence-electron chi connectivity index (χ1n) is 9.53. The summed E-state index contributed by atoms with van der Waals surface area (Å²) in [6, 6.07) is 14.2. The normalized spacial score (nSPS) is 19.3. The summed E-state index contributed by atoms with van der Waals surface area (Å²) in [7, 11) is 0. The lowest BCUT2D eigenvalue weighted by atomic mass is 10.1. The van der Waals surface area contributed by atoms with E-state index in [2.05, 4.69) is 33.9 Å². The molecule has 1 aliphatic heterocycles. The van der Waals surface area contributed by atoms with Crippen LogP contribution in [-0.4, -0.2) is 34.7 Å². The fraction of sp³-hybridized carbons (Fsp3) is 0.333. The molecule has 1 saturated heterocycles. The van der Waals surface area contributed by atoms with E-state index < -0.39 is 0 Å². The number of pyridine rings is 1. The van der Waals surface area contributed by atoms with Gasteiger partial charge in [0.2, 0.25) is 5.91 Å². The molecule has 0 radical (unpaired) electrons. The van der Waals surface area contributed by atoms with Crippen LogP contribution in [0.15, 0.2) is 48.7 Å². The molecule has 138 valence electrons. The smallest absolute Gasteiger partial charge is 0.228 e. The molecule has 1 atom stereocenters. The molecular formula is C21H22N4O2. The SMILES string of the molecule is O=C(Nc1cc2c(-c3ccc(OC4CCNC4)cc3)cccn2n1)C1CC1. The van der Waals surface area contributed by atoms with E-state index in [9.17, 15) is 4.79 Å². The van der Waals surface area contributed by atoms with Crippen molar-refractivity contribution < 1.29 is 9.53 Å². The quantitative estimate of drug-likeness (QED) is 0.732. The Bertz CT molecular complexity index is 970. The van der Waals surface area contributed by atoms with E-state index in [-0.39, 0.29) is 17.9 Å². The lowest BCUT2D eigenvalue weighted by Gasteiger charge is -2.13. The number of aromatic nitrogens is 2. The van der Waals surface area contributed by atoms with E-state index in [1.165, 1.54) is 0 Å². The van der Waals surface area contributed by atoms with E-state index >= 15 is 0 Å². The van der Waals surface area contributed by atoms with Crippen LogP contribution in [0.3, 0.4) is 0 Å². The standard InChI is InChI=1S/C21H22N4O2/c26-21(15-3-4-15)23-20-12-19-18(2-1-11-25(19)24-20)14-5-7-16(8-6-14)27-17-9-10-22-13-17/h1-2,5-8,11-12,15,17,22H,3-4,9-10,13H2,(H,23,24,26). The van der Waals surface area contributed by atoms with Gasteiger partial charge >= 0.3 is 0 Å². The highest BCUT2D eigenvalue weighted by molar-refractivity contribution is 5.94. The third-order valence-electron chi connectivity index (χ3n) is 5.18. The highest BCUT2D eigenvalue weighted by atomic mass is 16.5. The molecule has 3 aromatic rings. The molecule has 1 aliphatic carbocycles. The van der Waals surface area contributed by atoms with Gasteiger partial charge in [0.1, 0.15) is 11.9 Å². The molecule has 2 aliphatic rings. The van der Waals surface area contributed by atoms with Crippen molar-refractivity contribution in [1.29, 1.82) is 0 Å². The lowest BCUT2D eigenvalue weighted by molar-refractivity contribution is -0.117. The number of nitrogens with one attached hydrogen (secondary N) is 2. The Hall–Kier alpha value is -2.86. The van der Waals surface area contributed by atoms with Gasteiger partial charge in [-0.15, -0.1) is 0 Å². The monoisotopic (exact) mass is 362 g/mol. The molecule has 1 saturated carbocycles. The van der Waals surface area contributed by atoms with E-state index in [1.807, 2.05) is 35.0 Å². The zero-order valence-corrected chi connectivity index (χ0v) is 15.0. The molecule has 6 nitrogen and oxygen atoms in total. The van der Waals surface area contributed by atoms with Crippen molar-refractivity contribution >= 4 is 17.2 Å². The van der Waals surface area contributed by atoms with Crippen molar-refractivity contribution in [3.63, 3.8) is 0 Å². The summed E-state index contributed by atoms with van der Waals surface area (Å²) in [6.45, 7) is 1.93. The van der Waals surface area contributed by atoms with Gasteiger partial charge in [-0.3, -0.25) is 4.79 Å². The lowest BCUT2D eigenvalue weighted by Crippen LogP contribution is -2.19. The van der Waals surface area contributed by atoms with Crippen LogP contribution in [0.4, 0.5) is 5.82 Å². The van der Waals surface area contributed by atoms with Gasteiger partial charge in [-0.1, -0.05) is 18.2 Å². The number of hydrogen-bond donors (Lipinski definition) is 2. The number of fused-ring (bicyclic) bond motifs is 1. The number of carbonyl (C=O) groups excluding carboxylic acids is 1. The van der Waals surface area contributed by atoms with Crippen LogP contribution in [0.2, 0.25) is 0 Å². The van der Waals surface area contributed by atoms with Crippen LogP contribution in [0.1, 0.15) is 19.3 Å². The van der Waals surface area contributed by atoms with Crippen molar-refractivity contribution in [3.05, 3.63) is 48.7 Å². The van der Waals surface area contributed by atoms with Gasteiger partial charge in [-0.25, -0.2) is 4.52 Å². The highest BCUT2D eigenvalue weighted by Gasteiger charge is 2.30. The zero-order valence-electron chi connectivity index (χ0n) is 15.0. The van der Waals surface area contributed by atoms with E-state index in [4.69, 9.17) is 4.74 Å². The van der Waals surface area contributed by atoms with Crippen molar-refractivity contribution in [1.82, 2.24) is 14.9 Å². The fourth-order valence-corrected chi connectivity index (χ4v) is 3.53. The number of rotatable bonds is 5. The molecule has 6 heteroatoms. The average molecular weight is 362 g/mol. The van der Waals surface area contributed by atoms with Gasteiger partial charge in [-0.05, 0) is 49.6 Å². The molecule has 0 spiro atoms. The Morgan fingerprint density at radius 3 is 2.78 bits per heavy atom. The summed E-state index contributed by atoms with van der Waals surface area (Å²) in [5.74, 6) is 1.73. The Morgan fingerprint density at radius 1 is 1.19 bits per heavy atom. The van der Waals surface area contributed by atoms with Crippen LogP contribution in [-0.2, 0) is 4.79 Å². The number of carbonyl (C=O) groups is 1. The highest BCUT2D eigenvalue weighted by Crippen LogP contribution is 2.31. The molecule has 2 aromatic heterocycles. The van der Waals surface area contributed by atoms with Crippen molar-refractivity contribution in [2.45, 2.75) is 25.4 Å². The minimum absolute atomic E-state index is 0.0721. The Kier molecular flexibility index (Phi) is 4.05. The summed E-state index contributed by atoms with van der Waals surface area (Å²) >= 11 is 0. The molecule has 3 heterocycles. The minimum Gasteiger partial charge on any atom is -0.489 e. The number of benzene rings is 1. The third-order valence-corrected chi connectivity index (χ3v) is 5.18. The Labute approximate surface area is 157 Å². The van der Waals surface area contributed by atoms with Gasteiger partial charge < -0.3 is 15.4 Å². The maximum Gasteiger partial charge on any atom is 0.228 e. The van der Waals surface area contributed by atoms with Gasteiger partial charge in [-0.2, -0.15) is 5.10 Å². The largest absolute Gasteiger partial charge is 0.489 e. The van der Waals surface area contributed by atoms with E-state index in [0.717, 1.165) is 54.7 Å². The predicted molar refractivity (Wildman–Crippen MR) is 104 cm³/mol. The van der Waals surface area contributed by atoms with Crippen molar-refractivity contribution in [2.24, 2.45) is 5.92 Å². The number of nitrogens with zero attached hydrogens (tertiary/aromatic N) is 2. The van der Waals surface area contributed by atoms with Crippen LogP contribution in [0.5, 0.6) is 5.75 Å². The average Bonchev–Trinajstić information content (AvgIpc) is 3.26. The Morgan fingerprint density at radius 2 is 2.04 bits per heavy atom. The number of amides is 1. The van der Waals surface area contributed by atoms with Crippen LogP contribution in [0.25, 0.3) is 16.6 Å². The van der Waals surface area contributed by atoms with Gasteiger partial charge in [0.25, 0.3) is 0 Å². The van der Waals surface area contributed by atoms with Crippen molar-refractivity contribution in [2.75, 3.05) is 18.4 Å². The first-order chi connectivity index (χ1) is 13.3. The third kappa shape index (κ3) is 3.40. The van der Waals surface area contributed by atoms with Gasteiger partial charge in [0, 0.05) is 30.3 Å². The molecule has 1 aromatic carbocycles. The molecule has 2 fully saturated rings. The predicted octanol–water partition coefficient (Wildman–Crippen LogP) is 3.09.